The Morgan fingerprint density at radius 3 is 2.34 bits per heavy atom. The summed E-state index contributed by atoms with van der Waals surface area (Å²) in [7, 11) is 0. The van der Waals surface area contributed by atoms with Crippen LogP contribution in [0.15, 0.2) is 73.2 Å². The number of carbonyl (C=O) groups is 3. The normalized spacial score (nSPS) is 14.8. The Morgan fingerprint density at radius 1 is 1.05 bits per heavy atom. The van der Waals surface area contributed by atoms with E-state index in [-0.39, 0.29) is 31.0 Å². The highest BCUT2D eigenvalue weighted by molar-refractivity contribution is 5.98. The molecule has 0 spiro atoms. The van der Waals surface area contributed by atoms with Gasteiger partial charge in [0.1, 0.15) is 12.1 Å². The first-order valence-corrected chi connectivity index (χ1v) is 12.6. The number of rotatable bonds is 12. The fourth-order valence-corrected chi connectivity index (χ4v) is 3.75. The second kappa shape index (κ2) is 12.0. The van der Waals surface area contributed by atoms with Crippen LogP contribution in [-0.2, 0) is 25.7 Å². The number of nitrogens with zero attached hydrogens (tertiary/aromatic N) is 2. The van der Waals surface area contributed by atoms with E-state index in [1.54, 1.807) is 24.6 Å². The van der Waals surface area contributed by atoms with Gasteiger partial charge in [-0.1, -0.05) is 60.7 Å². The number of benzene rings is 2. The number of carbonyl (C=O) groups excluding carboxylic acids is 3. The standard InChI is InChI=1S/C28H34N6O4/c1-28(2,29)27(37)32-22(17-38-16-19-9-5-3-6-10-19)25(35)33-23-15-34(18-30-23)24(20-11-7-4-8-12-20)26(36)31-21-13-14-21/h3-12,15,18,21-22,24H,13-14,16-17,29H2,1-2H3,(H,31,36)(H,32,37)(H,33,35)/t22-,24?/m1/s1. The van der Waals surface area contributed by atoms with Crippen molar-refractivity contribution in [3.05, 3.63) is 84.3 Å². The molecule has 2 atom stereocenters. The van der Waals surface area contributed by atoms with Gasteiger partial charge in [-0.15, -0.1) is 0 Å². The van der Waals surface area contributed by atoms with Crippen molar-refractivity contribution in [3.8, 4) is 0 Å². The van der Waals surface area contributed by atoms with Gasteiger partial charge in [0.15, 0.2) is 5.82 Å². The lowest BCUT2D eigenvalue weighted by molar-refractivity contribution is -0.130. The number of aromatic nitrogens is 2. The summed E-state index contributed by atoms with van der Waals surface area (Å²) in [6, 6.07) is 17.4. The van der Waals surface area contributed by atoms with Gasteiger partial charge in [-0.05, 0) is 37.8 Å². The number of ether oxygens (including phenoxy) is 1. The lowest BCUT2D eigenvalue weighted by atomic mass is 10.1. The van der Waals surface area contributed by atoms with Gasteiger partial charge >= 0.3 is 0 Å². The number of imidazole rings is 1. The van der Waals surface area contributed by atoms with Crippen molar-refractivity contribution in [1.82, 2.24) is 20.2 Å². The molecule has 1 unspecified atom stereocenters. The van der Waals surface area contributed by atoms with E-state index >= 15 is 0 Å². The molecular weight excluding hydrogens is 484 g/mol. The predicted molar refractivity (Wildman–Crippen MR) is 143 cm³/mol. The maximum atomic E-state index is 13.2. The van der Waals surface area contributed by atoms with Crippen LogP contribution in [0.2, 0.25) is 0 Å². The Hall–Kier alpha value is -4.02. The van der Waals surface area contributed by atoms with Crippen LogP contribution in [0.1, 0.15) is 43.9 Å². The van der Waals surface area contributed by atoms with E-state index in [0.717, 1.165) is 24.0 Å². The van der Waals surface area contributed by atoms with Crippen LogP contribution in [0.25, 0.3) is 0 Å². The van der Waals surface area contributed by atoms with E-state index in [4.69, 9.17) is 10.5 Å². The van der Waals surface area contributed by atoms with E-state index in [1.807, 2.05) is 60.7 Å². The zero-order chi connectivity index (χ0) is 27.1. The van der Waals surface area contributed by atoms with Crippen molar-refractivity contribution < 1.29 is 19.1 Å². The number of nitrogens with one attached hydrogen (secondary N) is 3. The zero-order valence-corrected chi connectivity index (χ0v) is 21.6. The molecule has 10 nitrogen and oxygen atoms in total. The molecule has 1 aromatic heterocycles. The summed E-state index contributed by atoms with van der Waals surface area (Å²) in [5.41, 5.74) is 6.47. The van der Waals surface area contributed by atoms with E-state index in [9.17, 15) is 14.4 Å². The van der Waals surface area contributed by atoms with E-state index in [1.165, 1.54) is 6.33 Å². The Bertz CT molecular complexity index is 1230. The van der Waals surface area contributed by atoms with Crippen molar-refractivity contribution in [1.29, 1.82) is 0 Å². The quantitative estimate of drug-likeness (QED) is 0.290. The lowest BCUT2D eigenvalue weighted by Crippen LogP contribution is -2.56. The summed E-state index contributed by atoms with van der Waals surface area (Å²) in [5, 5.41) is 8.43. The number of hydrogen-bond acceptors (Lipinski definition) is 6. The molecule has 5 N–H and O–H groups in total. The third-order valence-corrected chi connectivity index (χ3v) is 6.04. The monoisotopic (exact) mass is 518 g/mol. The van der Waals surface area contributed by atoms with Crippen molar-refractivity contribution in [2.75, 3.05) is 11.9 Å². The molecule has 0 aliphatic heterocycles. The summed E-state index contributed by atoms with van der Waals surface area (Å²) < 4.78 is 7.39. The molecule has 10 heteroatoms. The van der Waals surface area contributed by atoms with E-state index in [2.05, 4.69) is 20.9 Å². The largest absolute Gasteiger partial charge is 0.374 e. The van der Waals surface area contributed by atoms with E-state index in [0.29, 0.717) is 0 Å². The Balaban J connectivity index is 1.46. The van der Waals surface area contributed by atoms with Gasteiger partial charge in [0, 0.05) is 12.2 Å². The average molecular weight is 519 g/mol. The number of nitrogens with two attached hydrogens (primary N) is 1. The van der Waals surface area contributed by atoms with Gasteiger partial charge in [-0.25, -0.2) is 4.98 Å². The van der Waals surface area contributed by atoms with Crippen LogP contribution >= 0.6 is 0 Å². The van der Waals surface area contributed by atoms with Gasteiger partial charge in [0.05, 0.1) is 25.1 Å². The highest BCUT2D eigenvalue weighted by Crippen LogP contribution is 2.24. The number of amides is 3. The van der Waals surface area contributed by atoms with Crippen LogP contribution in [0.4, 0.5) is 5.82 Å². The first kappa shape index (κ1) is 27.0. The molecule has 0 bridgehead atoms. The summed E-state index contributed by atoms with van der Waals surface area (Å²) in [6.07, 6.45) is 5.04. The smallest absolute Gasteiger partial charge is 0.250 e. The average Bonchev–Trinajstić information content (AvgIpc) is 3.59. The molecule has 0 saturated heterocycles. The maximum Gasteiger partial charge on any atom is 0.250 e. The van der Waals surface area contributed by atoms with Crippen LogP contribution in [-0.4, -0.2) is 51.5 Å². The minimum atomic E-state index is -1.18. The van der Waals surface area contributed by atoms with Crippen LogP contribution in [0, 0.1) is 0 Å². The van der Waals surface area contributed by atoms with Gasteiger partial charge in [0.2, 0.25) is 11.8 Å². The highest BCUT2D eigenvalue weighted by Gasteiger charge is 2.31. The third kappa shape index (κ3) is 7.50. The van der Waals surface area contributed by atoms with Gasteiger partial charge < -0.3 is 31.0 Å². The fourth-order valence-electron chi connectivity index (χ4n) is 3.75. The lowest BCUT2D eigenvalue weighted by Gasteiger charge is -2.23. The second-order valence-electron chi connectivity index (χ2n) is 10.0. The van der Waals surface area contributed by atoms with Crippen molar-refractivity contribution in [3.63, 3.8) is 0 Å². The summed E-state index contributed by atoms with van der Waals surface area (Å²) in [4.78, 5) is 43.1. The van der Waals surface area contributed by atoms with Crippen LogP contribution in [0.3, 0.4) is 0 Å². The molecule has 1 saturated carbocycles. The molecule has 1 aliphatic rings. The number of hydrogen-bond donors (Lipinski definition) is 4. The van der Waals surface area contributed by atoms with Crippen molar-refractivity contribution >= 4 is 23.5 Å². The maximum absolute atomic E-state index is 13.2. The van der Waals surface area contributed by atoms with Crippen LogP contribution in [0.5, 0.6) is 0 Å². The van der Waals surface area contributed by atoms with Gasteiger partial charge in [-0.3, -0.25) is 14.4 Å². The minimum Gasteiger partial charge on any atom is -0.374 e. The third-order valence-electron chi connectivity index (χ3n) is 6.04. The van der Waals surface area contributed by atoms with Crippen molar-refractivity contribution in [2.24, 2.45) is 5.73 Å². The molecule has 1 aliphatic carbocycles. The molecule has 38 heavy (non-hydrogen) atoms. The molecule has 3 amide bonds. The Labute approximate surface area is 222 Å². The first-order chi connectivity index (χ1) is 18.2. The zero-order valence-electron chi connectivity index (χ0n) is 21.6. The fraction of sp³-hybridized carbons (Fsp3) is 0.357. The second-order valence-corrected chi connectivity index (χ2v) is 10.0. The topological polar surface area (TPSA) is 140 Å². The van der Waals surface area contributed by atoms with Gasteiger partial charge in [-0.2, -0.15) is 0 Å². The molecule has 2 aromatic carbocycles. The van der Waals surface area contributed by atoms with Crippen LogP contribution < -0.4 is 21.7 Å². The minimum absolute atomic E-state index is 0.0698. The molecular formula is C28H34N6O4. The molecule has 4 rings (SSSR count). The highest BCUT2D eigenvalue weighted by atomic mass is 16.5. The Morgan fingerprint density at radius 2 is 1.71 bits per heavy atom. The molecule has 1 fully saturated rings. The number of anilines is 1. The molecule has 1 heterocycles. The summed E-state index contributed by atoms with van der Waals surface area (Å²) in [6.45, 7) is 3.32. The SMILES string of the molecule is CC(C)(N)C(=O)N[C@H](COCc1ccccc1)C(=O)Nc1cn(C(C(=O)NC2CC2)c2ccccc2)cn1. The Kier molecular flexibility index (Phi) is 8.55. The molecule has 3 aromatic rings. The van der Waals surface area contributed by atoms with E-state index < -0.39 is 29.4 Å². The molecule has 0 radical (unpaired) electrons. The van der Waals surface area contributed by atoms with Crippen molar-refractivity contribution in [2.45, 2.75) is 57.0 Å². The summed E-state index contributed by atoms with van der Waals surface area (Å²) in [5.74, 6) is -0.907. The first-order valence-electron chi connectivity index (χ1n) is 12.6. The predicted octanol–water partition coefficient (Wildman–Crippen LogP) is 2.13. The van der Waals surface area contributed by atoms with Gasteiger partial charge in [0.25, 0.3) is 5.91 Å². The summed E-state index contributed by atoms with van der Waals surface area (Å²) >= 11 is 0. The molecule has 200 valence electrons.